The average Bonchev–Trinajstić information content (AvgIpc) is 2.38. The summed E-state index contributed by atoms with van der Waals surface area (Å²) in [4.78, 5) is 12.1. The van der Waals surface area contributed by atoms with E-state index in [0.717, 1.165) is 12.8 Å². The van der Waals surface area contributed by atoms with Crippen molar-refractivity contribution in [3.63, 3.8) is 0 Å². The molecule has 0 spiro atoms. The third kappa shape index (κ3) is 3.89. The highest BCUT2D eigenvalue weighted by atomic mass is 35.5. The van der Waals surface area contributed by atoms with Crippen LogP contribution < -0.4 is 15.8 Å². The van der Waals surface area contributed by atoms with Crippen LogP contribution in [-0.4, -0.2) is 25.6 Å². The van der Waals surface area contributed by atoms with E-state index in [1.807, 2.05) is 0 Å². The van der Waals surface area contributed by atoms with Gasteiger partial charge in [-0.1, -0.05) is 24.9 Å². The zero-order valence-corrected chi connectivity index (χ0v) is 11.5. The first-order chi connectivity index (χ1) is 8.62. The zero-order chi connectivity index (χ0) is 13.5. The van der Waals surface area contributed by atoms with E-state index in [1.165, 1.54) is 7.11 Å². The number of rotatable bonds is 6. The lowest BCUT2D eigenvalue weighted by molar-refractivity contribution is 0.0933. The van der Waals surface area contributed by atoms with Crippen LogP contribution in [0.2, 0.25) is 5.02 Å². The minimum atomic E-state index is -0.210. The molecule has 100 valence electrons. The molecule has 0 bridgehead atoms. The van der Waals surface area contributed by atoms with E-state index in [4.69, 9.17) is 22.1 Å². The first kappa shape index (κ1) is 14.8. The topological polar surface area (TPSA) is 64.3 Å². The molecule has 0 aliphatic heterocycles. The first-order valence-corrected chi connectivity index (χ1v) is 6.34. The van der Waals surface area contributed by atoms with Crippen LogP contribution in [-0.2, 0) is 0 Å². The summed E-state index contributed by atoms with van der Waals surface area (Å²) in [5.74, 6) is 0.294. The maximum absolute atomic E-state index is 12.1. The summed E-state index contributed by atoms with van der Waals surface area (Å²) < 4.78 is 5.15. The minimum absolute atomic E-state index is 0.0220. The van der Waals surface area contributed by atoms with Crippen molar-refractivity contribution in [1.82, 2.24) is 5.32 Å². The lowest BCUT2D eigenvalue weighted by Crippen LogP contribution is -2.40. The highest BCUT2D eigenvalue weighted by Crippen LogP contribution is 2.22. The van der Waals surface area contributed by atoms with Crippen LogP contribution in [0.15, 0.2) is 18.2 Å². The molecule has 0 radical (unpaired) electrons. The Balaban J connectivity index is 2.85. The average molecular weight is 271 g/mol. The van der Waals surface area contributed by atoms with Gasteiger partial charge < -0.3 is 15.8 Å². The Morgan fingerprint density at radius 1 is 1.56 bits per heavy atom. The monoisotopic (exact) mass is 270 g/mol. The minimum Gasteiger partial charge on any atom is -0.496 e. The molecule has 0 saturated carbocycles. The Hall–Kier alpha value is -1.26. The number of nitrogens with two attached hydrogens (primary N) is 1. The van der Waals surface area contributed by atoms with Crippen molar-refractivity contribution >= 4 is 17.5 Å². The molecule has 0 saturated heterocycles. The van der Waals surface area contributed by atoms with Gasteiger partial charge in [0.25, 0.3) is 5.91 Å². The predicted molar refractivity (Wildman–Crippen MR) is 73.2 cm³/mol. The standard InChI is InChI=1S/C13H19ClN2O2/c1-3-4-10(8-15)16-13(17)11-7-9(14)5-6-12(11)18-2/h5-7,10H,3-4,8,15H2,1-2H3,(H,16,17). The molecule has 4 nitrogen and oxygen atoms in total. The largest absolute Gasteiger partial charge is 0.496 e. The summed E-state index contributed by atoms with van der Waals surface area (Å²) in [5, 5.41) is 3.38. The van der Waals surface area contributed by atoms with Crippen molar-refractivity contribution in [2.45, 2.75) is 25.8 Å². The fraction of sp³-hybridized carbons (Fsp3) is 0.462. The van der Waals surface area contributed by atoms with Crippen molar-refractivity contribution in [1.29, 1.82) is 0 Å². The highest BCUT2D eigenvalue weighted by molar-refractivity contribution is 6.31. The Bertz CT molecular complexity index is 410. The molecular formula is C13H19ClN2O2. The summed E-state index contributed by atoms with van der Waals surface area (Å²) in [6.07, 6.45) is 1.82. The molecule has 0 aliphatic rings. The van der Waals surface area contributed by atoms with Crippen LogP contribution in [0.3, 0.4) is 0 Å². The fourth-order valence-corrected chi connectivity index (χ4v) is 1.89. The Morgan fingerprint density at radius 3 is 2.83 bits per heavy atom. The van der Waals surface area contributed by atoms with Gasteiger partial charge in [0, 0.05) is 17.6 Å². The Kier molecular flexibility index (Phi) is 5.95. The van der Waals surface area contributed by atoms with Gasteiger partial charge in [-0.05, 0) is 24.6 Å². The van der Waals surface area contributed by atoms with Gasteiger partial charge in [-0.25, -0.2) is 0 Å². The van der Waals surface area contributed by atoms with Crippen molar-refractivity contribution in [3.05, 3.63) is 28.8 Å². The van der Waals surface area contributed by atoms with Crippen LogP contribution in [0.5, 0.6) is 5.75 Å². The molecule has 0 heterocycles. The van der Waals surface area contributed by atoms with E-state index in [1.54, 1.807) is 18.2 Å². The number of hydrogen-bond donors (Lipinski definition) is 2. The molecule has 1 aromatic carbocycles. The van der Waals surface area contributed by atoms with E-state index in [9.17, 15) is 4.79 Å². The molecular weight excluding hydrogens is 252 g/mol. The summed E-state index contributed by atoms with van der Waals surface area (Å²) in [6.45, 7) is 2.47. The van der Waals surface area contributed by atoms with E-state index in [-0.39, 0.29) is 11.9 Å². The molecule has 5 heteroatoms. The molecule has 3 N–H and O–H groups in total. The number of ether oxygens (including phenoxy) is 1. The van der Waals surface area contributed by atoms with Gasteiger partial charge in [0.2, 0.25) is 0 Å². The van der Waals surface area contributed by atoms with Gasteiger partial charge in [0.1, 0.15) is 5.75 Å². The summed E-state index contributed by atoms with van der Waals surface area (Å²) in [5.41, 5.74) is 6.04. The smallest absolute Gasteiger partial charge is 0.255 e. The van der Waals surface area contributed by atoms with Gasteiger partial charge in [0.05, 0.1) is 12.7 Å². The molecule has 0 aliphatic carbocycles. The second-order valence-electron chi connectivity index (χ2n) is 4.04. The van der Waals surface area contributed by atoms with E-state index < -0.39 is 0 Å². The van der Waals surface area contributed by atoms with Gasteiger partial charge >= 0.3 is 0 Å². The molecule has 1 rings (SSSR count). The van der Waals surface area contributed by atoms with Gasteiger partial charge in [-0.15, -0.1) is 0 Å². The van der Waals surface area contributed by atoms with Crippen molar-refractivity contribution in [2.75, 3.05) is 13.7 Å². The van der Waals surface area contributed by atoms with Crippen molar-refractivity contribution in [2.24, 2.45) is 5.73 Å². The van der Waals surface area contributed by atoms with Crippen LogP contribution in [0.4, 0.5) is 0 Å². The van der Waals surface area contributed by atoms with E-state index in [0.29, 0.717) is 22.9 Å². The predicted octanol–water partition coefficient (Wildman–Crippen LogP) is 2.21. The number of hydrogen-bond acceptors (Lipinski definition) is 3. The number of amides is 1. The summed E-state index contributed by atoms with van der Waals surface area (Å²) >= 11 is 5.89. The van der Waals surface area contributed by atoms with E-state index in [2.05, 4.69) is 12.2 Å². The molecule has 1 unspecified atom stereocenters. The lowest BCUT2D eigenvalue weighted by Gasteiger charge is -2.17. The quantitative estimate of drug-likeness (QED) is 0.833. The van der Waals surface area contributed by atoms with Crippen LogP contribution in [0.25, 0.3) is 0 Å². The maximum Gasteiger partial charge on any atom is 0.255 e. The molecule has 0 aromatic heterocycles. The van der Waals surface area contributed by atoms with Crippen LogP contribution in [0.1, 0.15) is 30.1 Å². The number of carbonyl (C=O) groups excluding carboxylic acids is 1. The van der Waals surface area contributed by atoms with Crippen molar-refractivity contribution < 1.29 is 9.53 Å². The molecule has 0 fully saturated rings. The maximum atomic E-state index is 12.1. The SMILES string of the molecule is CCCC(CN)NC(=O)c1cc(Cl)ccc1OC. The third-order valence-corrected chi connectivity index (χ3v) is 2.90. The molecule has 1 atom stereocenters. The second kappa shape index (κ2) is 7.24. The zero-order valence-electron chi connectivity index (χ0n) is 10.7. The molecule has 18 heavy (non-hydrogen) atoms. The normalized spacial score (nSPS) is 12.0. The summed E-state index contributed by atoms with van der Waals surface area (Å²) in [7, 11) is 1.52. The first-order valence-electron chi connectivity index (χ1n) is 5.96. The van der Waals surface area contributed by atoms with Crippen LogP contribution in [0, 0.1) is 0 Å². The molecule has 1 amide bonds. The lowest BCUT2D eigenvalue weighted by atomic mass is 10.1. The van der Waals surface area contributed by atoms with Gasteiger partial charge in [-0.3, -0.25) is 4.79 Å². The number of benzene rings is 1. The molecule has 1 aromatic rings. The number of methoxy groups -OCH3 is 1. The highest BCUT2D eigenvalue weighted by Gasteiger charge is 2.16. The fourth-order valence-electron chi connectivity index (χ4n) is 1.72. The van der Waals surface area contributed by atoms with Crippen molar-refractivity contribution in [3.8, 4) is 5.75 Å². The second-order valence-corrected chi connectivity index (χ2v) is 4.48. The number of nitrogens with one attached hydrogen (secondary N) is 1. The van der Waals surface area contributed by atoms with Gasteiger partial charge in [-0.2, -0.15) is 0 Å². The Labute approximate surface area is 112 Å². The van der Waals surface area contributed by atoms with Crippen LogP contribution >= 0.6 is 11.6 Å². The Morgan fingerprint density at radius 2 is 2.28 bits per heavy atom. The number of halogens is 1. The van der Waals surface area contributed by atoms with E-state index >= 15 is 0 Å². The summed E-state index contributed by atoms with van der Waals surface area (Å²) in [6, 6.07) is 4.93. The third-order valence-electron chi connectivity index (χ3n) is 2.66. The number of carbonyl (C=O) groups is 1. The van der Waals surface area contributed by atoms with Gasteiger partial charge in [0.15, 0.2) is 0 Å².